The molecule has 3 fully saturated rings. The van der Waals surface area contributed by atoms with Gasteiger partial charge in [0, 0.05) is 37.2 Å². The molecular formula is C17H22O5. The maximum atomic E-state index is 11.7. The van der Waals surface area contributed by atoms with E-state index in [-0.39, 0.29) is 41.9 Å². The number of hydrogen-bond acceptors (Lipinski definition) is 5. The molecule has 0 radical (unpaired) electrons. The minimum Gasteiger partial charge on any atom is -0.462 e. The molecule has 0 amide bonds. The van der Waals surface area contributed by atoms with Gasteiger partial charge in [-0.25, -0.2) is 4.79 Å². The lowest BCUT2D eigenvalue weighted by Crippen LogP contribution is -2.33. The molecule has 1 saturated heterocycles. The van der Waals surface area contributed by atoms with E-state index in [1.165, 1.54) is 6.92 Å². The average molecular weight is 306 g/mol. The Bertz CT molecular complexity index is 561. The maximum absolute atomic E-state index is 11.7. The topological polar surface area (TPSA) is 72.8 Å². The van der Waals surface area contributed by atoms with Crippen LogP contribution in [0.3, 0.4) is 0 Å². The number of hydrogen-bond donors (Lipinski definition) is 1. The molecule has 5 heteroatoms. The molecule has 0 aromatic rings. The highest BCUT2D eigenvalue weighted by Gasteiger charge is 2.57. The van der Waals surface area contributed by atoms with Crippen LogP contribution in [0.4, 0.5) is 0 Å². The largest absolute Gasteiger partial charge is 0.462 e. The van der Waals surface area contributed by atoms with Crippen LogP contribution in [-0.4, -0.2) is 34.9 Å². The molecule has 1 N–H and O–H groups in total. The molecule has 2 aliphatic carbocycles. The fourth-order valence-corrected chi connectivity index (χ4v) is 4.42. The van der Waals surface area contributed by atoms with E-state index < -0.39 is 5.60 Å². The molecule has 0 spiro atoms. The second-order valence-corrected chi connectivity index (χ2v) is 7.02. The van der Waals surface area contributed by atoms with Crippen LogP contribution in [0.15, 0.2) is 24.3 Å². The molecule has 5 nitrogen and oxygen atoms in total. The molecule has 2 saturated carbocycles. The quantitative estimate of drug-likeness (QED) is 0.454. The Morgan fingerprint density at radius 3 is 2.77 bits per heavy atom. The van der Waals surface area contributed by atoms with Crippen LogP contribution in [0.2, 0.25) is 0 Å². The minimum absolute atomic E-state index is 0.0956. The van der Waals surface area contributed by atoms with Gasteiger partial charge in [-0.3, -0.25) is 4.79 Å². The van der Waals surface area contributed by atoms with Gasteiger partial charge in [-0.05, 0) is 19.3 Å². The van der Waals surface area contributed by atoms with Gasteiger partial charge < -0.3 is 14.6 Å². The van der Waals surface area contributed by atoms with E-state index in [0.717, 1.165) is 5.57 Å². The standard InChI is InChI=1S/C17H22O5/c1-8-5-13-11(9(2)16(19)22-13)6-12-15(8)14(21-10(3)18)7-17(12,4)20/h11-15,20H,1-2,5-7H2,3-4H3/t11-,12-,13-,14+,15-,17-/m1/s1. The molecule has 1 heterocycles. The van der Waals surface area contributed by atoms with Crippen LogP contribution in [0.25, 0.3) is 0 Å². The summed E-state index contributed by atoms with van der Waals surface area (Å²) in [5.74, 6) is -1.02. The van der Waals surface area contributed by atoms with Crippen molar-refractivity contribution in [1.82, 2.24) is 0 Å². The summed E-state index contributed by atoms with van der Waals surface area (Å²) in [6.07, 6.45) is 0.896. The van der Waals surface area contributed by atoms with Gasteiger partial charge in [0.1, 0.15) is 12.2 Å². The minimum atomic E-state index is -0.964. The SMILES string of the molecule is C=C1C[C@H]2OC(=O)C(=C)[C@H]2C[C@@H]2[C@@H]1[C@@H](OC(C)=O)C[C@@]2(C)O. The average Bonchev–Trinajstić information content (AvgIpc) is 2.71. The molecular weight excluding hydrogens is 284 g/mol. The summed E-state index contributed by atoms with van der Waals surface area (Å²) in [7, 11) is 0. The van der Waals surface area contributed by atoms with Crippen molar-refractivity contribution in [2.24, 2.45) is 17.8 Å². The van der Waals surface area contributed by atoms with E-state index >= 15 is 0 Å². The monoisotopic (exact) mass is 306 g/mol. The fourth-order valence-electron chi connectivity index (χ4n) is 4.42. The lowest BCUT2D eigenvalue weighted by molar-refractivity contribution is -0.148. The normalized spacial score (nSPS) is 44.1. The van der Waals surface area contributed by atoms with Crippen molar-refractivity contribution in [3.8, 4) is 0 Å². The van der Waals surface area contributed by atoms with E-state index in [9.17, 15) is 14.7 Å². The van der Waals surface area contributed by atoms with E-state index in [1.54, 1.807) is 6.92 Å². The molecule has 6 atom stereocenters. The first-order valence-corrected chi connectivity index (χ1v) is 7.67. The lowest BCUT2D eigenvalue weighted by Gasteiger charge is -2.29. The molecule has 0 aromatic heterocycles. The fraction of sp³-hybridized carbons (Fsp3) is 0.647. The molecule has 0 aromatic carbocycles. The molecule has 0 bridgehead atoms. The Kier molecular flexibility index (Phi) is 3.44. The van der Waals surface area contributed by atoms with Crippen molar-refractivity contribution >= 4 is 11.9 Å². The van der Waals surface area contributed by atoms with Gasteiger partial charge in [0.2, 0.25) is 0 Å². The van der Waals surface area contributed by atoms with E-state index in [0.29, 0.717) is 24.8 Å². The number of ether oxygens (including phenoxy) is 2. The van der Waals surface area contributed by atoms with Crippen LogP contribution in [0.5, 0.6) is 0 Å². The van der Waals surface area contributed by atoms with E-state index in [2.05, 4.69) is 13.2 Å². The highest BCUT2D eigenvalue weighted by atomic mass is 16.6. The smallest absolute Gasteiger partial charge is 0.334 e. The van der Waals surface area contributed by atoms with Crippen molar-refractivity contribution < 1.29 is 24.2 Å². The molecule has 1 aliphatic heterocycles. The Balaban J connectivity index is 1.93. The van der Waals surface area contributed by atoms with Crippen LogP contribution in [0.1, 0.15) is 33.1 Å². The summed E-state index contributed by atoms with van der Waals surface area (Å²) < 4.78 is 10.8. The Morgan fingerprint density at radius 1 is 1.45 bits per heavy atom. The molecule has 3 aliphatic rings. The summed E-state index contributed by atoms with van der Waals surface area (Å²) >= 11 is 0. The van der Waals surface area contributed by atoms with Gasteiger partial charge in [-0.1, -0.05) is 18.7 Å². The first kappa shape index (κ1) is 15.3. The molecule has 120 valence electrons. The predicted molar refractivity (Wildman–Crippen MR) is 78.7 cm³/mol. The van der Waals surface area contributed by atoms with E-state index in [4.69, 9.17) is 9.47 Å². The highest BCUT2D eigenvalue weighted by molar-refractivity contribution is 5.90. The third kappa shape index (κ3) is 2.28. The number of esters is 2. The van der Waals surface area contributed by atoms with Crippen molar-refractivity contribution in [3.05, 3.63) is 24.3 Å². The summed E-state index contributed by atoms with van der Waals surface area (Å²) in [6.45, 7) is 11.1. The van der Waals surface area contributed by atoms with Gasteiger partial charge in [0.15, 0.2) is 0 Å². The number of carbonyl (C=O) groups is 2. The van der Waals surface area contributed by atoms with Crippen molar-refractivity contribution in [2.75, 3.05) is 0 Å². The Labute approximate surface area is 130 Å². The molecule has 22 heavy (non-hydrogen) atoms. The van der Waals surface area contributed by atoms with Crippen molar-refractivity contribution in [3.63, 3.8) is 0 Å². The third-order valence-electron chi connectivity index (χ3n) is 5.42. The number of rotatable bonds is 1. The van der Waals surface area contributed by atoms with Crippen molar-refractivity contribution in [1.29, 1.82) is 0 Å². The number of aliphatic hydroxyl groups is 1. The van der Waals surface area contributed by atoms with Crippen LogP contribution < -0.4 is 0 Å². The van der Waals surface area contributed by atoms with Crippen LogP contribution >= 0.6 is 0 Å². The first-order chi connectivity index (χ1) is 10.2. The Hall–Kier alpha value is -1.62. The van der Waals surface area contributed by atoms with Gasteiger partial charge in [-0.15, -0.1) is 0 Å². The molecule has 3 rings (SSSR count). The van der Waals surface area contributed by atoms with Crippen LogP contribution in [0, 0.1) is 17.8 Å². The van der Waals surface area contributed by atoms with Gasteiger partial charge in [0.25, 0.3) is 0 Å². The zero-order valence-corrected chi connectivity index (χ0v) is 13.0. The summed E-state index contributed by atoms with van der Waals surface area (Å²) in [5, 5.41) is 10.8. The second-order valence-electron chi connectivity index (χ2n) is 7.02. The number of carbonyl (C=O) groups excluding carboxylic acids is 2. The Morgan fingerprint density at radius 2 is 2.14 bits per heavy atom. The summed E-state index contributed by atoms with van der Waals surface area (Å²) in [6, 6.07) is 0. The first-order valence-electron chi connectivity index (χ1n) is 7.67. The lowest BCUT2D eigenvalue weighted by atomic mass is 9.78. The summed E-state index contributed by atoms with van der Waals surface area (Å²) in [4.78, 5) is 23.1. The highest BCUT2D eigenvalue weighted by Crippen LogP contribution is 2.53. The van der Waals surface area contributed by atoms with Gasteiger partial charge >= 0.3 is 11.9 Å². The zero-order chi connectivity index (χ0) is 16.2. The van der Waals surface area contributed by atoms with Gasteiger partial charge in [-0.2, -0.15) is 0 Å². The van der Waals surface area contributed by atoms with Crippen LogP contribution in [-0.2, 0) is 19.1 Å². The van der Waals surface area contributed by atoms with Gasteiger partial charge in [0.05, 0.1) is 5.60 Å². The number of fused-ring (bicyclic) bond motifs is 2. The predicted octanol–water partition coefficient (Wildman–Crippen LogP) is 1.75. The molecule has 0 unspecified atom stereocenters. The summed E-state index contributed by atoms with van der Waals surface area (Å²) in [5.41, 5.74) is 0.392. The van der Waals surface area contributed by atoms with E-state index in [1.807, 2.05) is 0 Å². The second kappa shape index (κ2) is 4.95. The van der Waals surface area contributed by atoms with Crippen molar-refractivity contribution in [2.45, 2.75) is 50.9 Å². The third-order valence-corrected chi connectivity index (χ3v) is 5.42. The zero-order valence-electron chi connectivity index (χ0n) is 13.0. The maximum Gasteiger partial charge on any atom is 0.334 e.